The van der Waals surface area contributed by atoms with E-state index < -0.39 is 0 Å². The lowest BCUT2D eigenvalue weighted by Gasteiger charge is -2.30. The number of hydrogen-bond donors (Lipinski definition) is 0. The maximum absolute atomic E-state index is 9.59. The zero-order valence-electron chi connectivity index (χ0n) is 29.2. The number of hydrogen-bond acceptors (Lipinski definition) is 1. The van der Waals surface area contributed by atoms with Crippen molar-refractivity contribution < 1.29 is 0 Å². The van der Waals surface area contributed by atoms with E-state index in [1.807, 2.05) is 6.07 Å². The number of halogens is 3. The van der Waals surface area contributed by atoms with E-state index in [9.17, 15) is 5.26 Å². The van der Waals surface area contributed by atoms with Crippen LogP contribution in [0.2, 0.25) is 0 Å². The average molecular weight is 911 g/mol. The van der Waals surface area contributed by atoms with Gasteiger partial charge in [0.05, 0.1) is 22.5 Å². The van der Waals surface area contributed by atoms with Crippen LogP contribution in [0.5, 0.6) is 0 Å². The summed E-state index contributed by atoms with van der Waals surface area (Å²) in [4.78, 5) is 0. The van der Waals surface area contributed by atoms with Crippen LogP contribution in [0.15, 0.2) is 183 Å². The molecule has 0 radical (unpaired) electrons. The minimum Gasteiger partial charge on any atom is -0.192 e. The molecule has 266 valence electrons. The van der Waals surface area contributed by atoms with Crippen molar-refractivity contribution in [2.75, 3.05) is 0 Å². The topological polar surface area (TPSA) is 23.8 Å². The number of nitriles is 1. The highest BCUT2D eigenvalue weighted by atomic mass is 79.9. The summed E-state index contributed by atoms with van der Waals surface area (Å²) in [6.45, 7) is 0. The van der Waals surface area contributed by atoms with Gasteiger partial charge in [0.25, 0.3) is 0 Å². The summed E-state index contributed by atoms with van der Waals surface area (Å²) in [5.74, 6) is 0. The summed E-state index contributed by atoms with van der Waals surface area (Å²) in [7, 11) is 0. The van der Waals surface area contributed by atoms with Crippen LogP contribution < -0.4 is 0 Å². The summed E-state index contributed by atoms with van der Waals surface area (Å²) < 4.78 is 3.31. The Morgan fingerprint density at radius 3 is 0.911 bits per heavy atom. The Kier molecular flexibility index (Phi) is 8.07. The molecule has 0 saturated heterocycles. The van der Waals surface area contributed by atoms with Crippen LogP contribution in [0.25, 0.3) is 44.5 Å². The van der Waals surface area contributed by atoms with Gasteiger partial charge in [-0.15, -0.1) is 0 Å². The summed E-state index contributed by atoms with van der Waals surface area (Å²) in [6, 6.07) is 63.6. The lowest BCUT2D eigenvalue weighted by molar-refractivity contribution is 0.792. The van der Waals surface area contributed by atoms with Gasteiger partial charge in [-0.3, -0.25) is 0 Å². The molecule has 4 aliphatic rings. The fraction of sp³-hybridized carbons (Fsp3) is 0.0577. The lowest BCUT2D eigenvalue weighted by atomic mass is 9.70. The van der Waals surface area contributed by atoms with Crippen molar-refractivity contribution in [1.82, 2.24) is 0 Å². The monoisotopic (exact) mass is 907 g/mol. The molecule has 0 saturated carbocycles. The van der Waals surface area contributed by atoms with E-state index in [1.54, 1.807) is 0 Å². The van der Waals surface area contributed by atoms with E-state index in [-0.39, 0.29) is 18.3 Å². The van der Waals surface area contributed by atoms with Gasteiger partial charge in [0.2, 0.25) is 0 Å². The van der Waals surface area contributed by atoms with Crippen LogP contribution in [-0.2, 0) is 10.8 Å². The highest BCUT2D eigenvalue weighted by molar-refractivity contribution is 9.11. The Hall–Kier alpha value is -5.31. The molecule has 4 heteroatoms. The first-order chi connectivity index (χ1) is 27.0. The Bertz CT molecular complexity index is 2860. The Morgan fingerprint density at radius 1 is 0.321 bits per heavy atom. The predicted molar refractivity (Wildman–Crippen MR) is 240 cm³/mol. The molecule has 2 spiro atoms. The van der Waals surface area contributed by atoms with Gasteiger partial charge in [0, 0.05) is 13.4 Å². The molecule has 0 atom stereocenters. The van der Waals surface area contributed by atoms with Crippen molar-refractivity contribution in [3.63, 3.8) is 0 Å². The molecule has 0 aliphatic heterocycles. The van der Waals surface area contributed by atoms with Gasteiger partial charge in [-0.25, -0.2) is 0 Å². The largest absolute Gasteiger partial charge is 0.192 e. The average Bonchev–Trinajstić information content (AvgIpc) is 3.89. The highest BCUT2D eigenvalue weighted by Gasteiger charge is 2.53. The Labute approximate surface area is 352 Å². The Morgan fingerprint density at radius 2 is 0.589 bits per heavy atom. The van der Waals surface area contributed by atoms with E-state index in [0.717, 1.165) is 13.4 Å². The van der Waals surface area contributed by atoms with E-state index in [4.69, 9.17) is 0 Å². The quantitative estimate of drug-likeness (QED) is 0.149. The van der Waals surface area contributed by atoms with Crippen molar-refractivity contribution in [2.24, 2.45) is 0 Å². The molecule has 1 nitrogen and oxygen atoms in total. The van der Waals surface area contributed by atoms with Crippen LogP contribution >= 0.6 is 47.8 Å². The summed E-state index contributed by atoms with van der Waals surface area (Å²) in [5.41, 5.74) is 21.0. The molecule has 12 rings (SSSR count). The van der Waals surface area contributed by atoms with Gasteiger partial charge in [-0.05, 0) is 138 Å². The molecule has 8 aromatic carbocycles. The number of nitrogens with zero attached hydrogens (tertiary/aromatic N) is 1. The highest BCUT2D eigenvalue weighted by Crippen LogP contribution is 2.64. The third kappa shape index (κ3) is 4.51. The molecule has 8 aromatic rings. The van der Waals surface area contributed by atoms with Gasteiger partial charge in [0.15, 0.2) is 0 Å². The van der Waals surface area contributed by atoms with Gasteiger partial charge < -0.3 is 0 Å². The molecule has 0 bridgehead atoms. The second-order valence-corrected chi connectivity index (χ2v) is 17.4. The molecule has 4 aliphatic carbocycles. The second-order valence-electron chi connectivity index (χ2n) is 14.6. The van der Waals surface area contributed by atoms with Gasteiger partial charge in [0.1, 0.15) is 0 Å². The lowest BCUT2D eigenvalue weighted by Crippen LogP contribution is -2.26. The third-order valence-electron chi connectivity index (χ3n) is 12.2. The van der Waals surface area contributed by atoms with E-state index in [2.05, 4.69) is 218 Å². The molecule has 0 N–H and O–H groups in total. The molecule has 56 heavy (non-hydrogen) atoms. The maximum Gasteiger partial charge on any atom is 0.0991 e. The van der Waals surface area contributed by atoms with Crippen molar-refractivity contribution in [3.05, 3.63) is 233 Å². The molecular weight excluding hydrogens is 878 g/mol. The third-order valence-corrected chi connectivity index (χ3v) is 13.7. The van der Waals surface area contributed by atoms with Crippen molar-refractivity contribution in [3.8, 4) is 50.6 Å². The summed E-state index contributed by atoms with van der Waals surface area (Å²) in [5, 5.41) is 9.59. The van der Waals surface area contributed by atoms with Crippen molar-refractivity contribution >= 4 is 47.8 Å². The van der Waals surface area contributed by atoms with Crippen molar-refractivity contribution in [1.29, 1.82) is 5.26 Å². The maximum atomic E-state index is 9.59. The van der Waals surface area contributed by atoms with Crippen LogP contribution in [0.1, 0.15) is 57.5 Å². The van der Waals surface area contributed by atoms with Gasteiger partial charge in [-0.2, -0.15) is 5.26 Å². The van der Waals surface area contributed by atoms with E-state index in [1.165, 1.54) is 89.0 Å². The summed E-state index contributed by atoms with van der Waals surface area (Å²) >= 11 is 11.1. The Balaban J connectivity index is 0.000000135. The fourth-order valence-corrected chi connectivity index (χ4v) is 11.3. The number of rotatable bonds is 0. The van der Waals surface area contributed by atoms with Crippen LogP contribution in [0.3, 0.4) is 0 Å². The minimum atomic E-state index is -0.380. The molecule has 0 unspecified atom stereocenters. The zero-order valence-corrected chi connectivity index (χ0v) is 34.0. The van der Waals surface area contributed by atoms with E-state index >= 15 is 0 Å². The second kappa shape index (κ2) is 12.9. The standard InChI is InChI=1S/C26H14BrN.C25H14Br2.CH4/c27-17-10-12-21-20-11-9-16(15-28)13-24(20)26(25(21)14-17)22-7-3-1-5-18(22)19-6-2-4-8-23(19)26;26-15-9-11-19-20-12-10-16(27)14-24(20)25(23(19)13-15)21-7-3-1-5-17(21)18-6-2-4-8-22(18)25;/h1-14H;1-14H;1H4. The predicted octanol–water partition coefficient (Wildman–Crippen LogP) is 14.9. The van der Waals surface area contributed by atoms with E-state index in [0.29, 0.717) is 5.56 Å². The molecule has 0 heterocycles. The van der Waals surface area contributed by atoms with Crippen LogP contribution in [0.4, 0.5) is 0 Å². The normalized spacial score (nSPS) is 14.1. The molecule has 0 fully saturated rings. The molecule has 0 aromatic heterocycles. The SMILES string of the molecule is Brc1ccc2c(c1)C1(c3ccccc3-c3ccccc31)c1cc(Br)ccc1-2.C.N#Cc1ccc2c(c1)C1(c3ccccc3-c3ccccc31)c1cc(Br)ccc1-2. The molecular formula is C52H32Br3N. The number of benzene rings is 8. The minimum absolute atomic E-state index is 0. The summed E-state index contributed by atoms with van der Waals surface area (Å²) in [6.07, 6.45) is 0. The van der Waals surface area contributed by atoms with Crippen LogP contribution in [-0.4, -0.2) is 0 Å². The number of fused-ring (bicyclic) bond motifs is 20. The van der Waals surface area contributed by atoms with Gasteiger partial charge >= 0.3 is 0 Å². The first-order valence-electron chi connectivity index (χ1n) is 18.3. The smallest absolute Gasteiger partial charge is 0.0991 e. The molecule has 0 amide bonds. The first-order valence-corrected chi connectivity index (χ1v) is 20.7. The zero-order chi connectivity index (χ0) is 37.1. The first kappa shape index (κ1) is 35.1. The van der Waals surface area contributed by atoms with Gasteiger partial charge in [-0.1, -0.05) is 177 Å². The van der Waals surface area contributed by atoms with Crippen LogP contribution in [0, 0.1) is 11.3 Å². The fourth-order valence-electron chi connectivity index (χ4n) is 10.3. The van der Waals surface area contributed by atoms with Crippen molar-refractivity contribution in [2.45, 2.75) is 18.3 Å².